The van der Waals surface area contributed by atoms with Crippen LogP contribution in [0.3, 0.4) is 0 Å². The van der Waals surface area contributed by atoms with Crippen molar-refractivity contribution in [3.8, 4) is 0 Å². The molecule has 90 valence electrons. The van der Waals surface area contributed by atoms with Crippen LogP contribution < -0.4 is 4.83 Å². The minimum absolute atomic E-state index is 0.149. The van der Waals surface area contributed by atoms with Crippen LogP contribution in [-0.4, -0.2) is 32.6 Å². The second kappa shape index (κ2) is 4.92. The molecular formula is C10H16N2O3S. The molecule has 6 heteroatoms. The number of nitrogens with zero attached hydrogens (tertiary/aromatic N) is 1. The van der Waals surface area contributed by atoms with Crippen molar-refractivity contribution in [2.75, 3.05) is 14.1 Å². The highest BCUT2D eigenvalue weighted by atomic mass is 32.2. The summed E-state index contributed by atoms with van der Waals surface area (Å²) in [5.74, 6) is 0. The molecular weight excluding hydrogens is 228 g/mol. The smallest absolute Gasteiger partial charge is 0.253 e. The maximum absolute atomic E-state index is 11.8. The summed E-state index contributed by atoms with van der Waals surface area (Å²) in [6.07, 6.45) is 0. The molecule has 0 amide bonds. The van der Waals surface area contributed by atoms with Gasteiger partial charge in [0.25, 0.3) is 10.0 Å². The van der Waals surface area contributed by atoms with Crippen molar-refractivity contribution >= 4 is 10.0 Å². The lowest BCUT2D eigenvalue weighted by Crippen LogP contribution is -2.36. The Hall–Kier alpha value is -0.950. The molecule has 0 fully saturated rings. The molecule has 0 unspecified atom stereocenters. The van der Waals surface area contributed by atoms with Crippen LogP contribution in [0.25, 0.3) is 0 Å². The van der Waals surface area contributed by atoms with Gasteiger partial charge in [0.1, 0.15) is 0 Å². The summed E-state index contributed by atoms with van der Waals surface area (Å²) >= 11 is 0. The van der Waals surface area contributed by atoms with Crippen molar-refractivity contribution in [2.45, 2.75) is 18.4 Å². The largest absolute Gasteiger partial charge is 0.392 e. The van der Waals surface area contributed by atoms with E-state index in [1.165, 1.54) is 17.1 Å². The van der Waals surface area contributed by atoms with E-state index in [0.717, 1.165) is 5.56 Å². The van der Waals surface area contributed by atoms with Crippen molar-refractivity contribution in [3.63, 3.8) is 0 Å². The van der Waals surface area contributed by atoms with Crippen molar-refractivity contribution in [1.82, 2.24) is 9.84 Å². The molecule has 5 nitrogen and oxygen atoms in total. The maximum atomic E-state index is 11.8. The minimum Gasteiger partial charge on any atom is -0.392 e. The number of aliphatic hydroxyl groups excluding tert-OH is 1. The fourth-order valence-corrected chi connectivity index (χ4v) is 2.41. The zero-order chi connectivity index (χ0) is 12.3. The molecule has 0 heterocycles. The van der Waals surface area contributed by atoms with Gasteiger partial charge in [-0.1, -0.05) is 6.07 Å². The summed E-state index contributed by atoms with van der Waals surface area (Å²) in [5.41, 5.74) is 1.48. The van der Waals surface area contributed by atoms with Gasteiger partial charge >= 0.3 is 0 Å². The van der Waals surface area contributed by atoms with Crippen LogP contribution in [0.15, 0.2) is 23.1 Å². The number of aliphatic hydroxyl groups is 1. The van der Waals surface area contributed by atoms with E-state index in [4.69, 9.17) is 5.11 Å². The van der Waals surface area contributed by atoms with Gasteiger partial charge in [-0.05, 0) is 30.2 Å². The topological polar surface area (TPSA) is 69.6 Å². The molecule has 1 rings (SSSR count). The summed E-state index contributed by atoms with van der Waals surface area (Å²) in [7, 11) is -0.352. The number of hydrogen-bond acceptors (Lipinski definition) is 4. The highest BCUT2D eigenvalue weighted by Crippen LogP contribution is 2.15. The van der Waals surface area contributed by atoms with E-state index in [0.29, 0.717) is 5.56 Å². The molecule has 0 aromatic heterocycles. The van der Waals surface area contributed by atoms with Crippen LogP contribution in [0.4, 0.5) is 0 Å². The van der Waals surface area contributed by atoms with Gasteiger partial charge in [-0.3, -0.25) is 0 Å². The third-order valence-electron chi connectivity index (χ3n) is 2.10. The van der Waals surface area contributed by atoms with Gasteiger partial charge < -0.3 is 5.11 Å². The molecule has 16 heavy (non-hydrogen) atoms. The fourth-order valence-electron chi connectivity index (χ4n) is 1.28. The zero-order valence-electron chi connectivity index (χ0n) is 9.56. The molecule has 0 bridgehead atoms. The minimum atomic E-state index is -3.54. The number of rotatable bonds is 4. The number of benzene rings is 1. The van der Waals surface area contributed by atoms with E-state index in [1.54, 1.807) is 20.2 Å². The molecule has 0 radical (unpaired) electrons. The van der Waals surface area contributed by atoms with E-state index in [-0.39, 0.29) is 11.5 Å². The van der Waals surface area contributed by atoms with Gasteiger partial charge in [-0.15, -0.1) is 4.83 Å². The van der Waals surface area contributed by atoms with Crippen molar-refractivity contribution in [3.05, 3.63) is 29.3 Å². The number of aryl methyl sites for hydroxylation is 1. The Bertz CT molecular complexity index is 469. The molecule has 0 saturated carbocycles. The van der Waals surface area contributed by atoms with Crippen LogP contribution in [-0.2, 0) is 16.6 Å². The first-order valence-corrected chi connectivity index (χ1v) is 6.25. The summed E-state index contributed by atoms with van der Waals surface area (Å²) in [6.45, 7) is 1.65. The van der Waals surface area contributed by atoms with E-state index in [2.05, 4.69) is 4.83 Å². The van der Waals surface area contributed by atoms with Gasteiger partial charge in [0, 0.05) is 14.1 Å². The molecule has 0 spiro atoms. The fraction of sp³-hybridized carbons (Fsp3) is 0.400. The van der Waals surface area contributed by atoms with Crippen LogP contribution in [0.5, 0.6) is 0 Å². The molecule has 0 aliphatic rings. The number of nitrogens with one attached hydrogen (secondary N) is 1. The van der Waals surface area contributed by atoms with Crippen molar-refractivity contribution in [2.24, 2.45) is 0 Å². The molecule has 0 aliphatic carbocycles. The summed E-state index contributed by atoms with van der Waals surface area (Å²) in [6, 6.07) is 4.66. The number of hydrogen-bond donors (Lipinski definition) is 2. The monoisotopic (exact) mass is 244 g/mol. The molecule has 0 atom stereocenters. The Morgan fingerprint density at radius 2 is 2.00 bits per heavy atom. The van der Waals surface area contributed by atoms with E-state index in [1.807, 2.05) is 6.92 Å². The highest BCUT2D eigenvalue weighted by molar-refractivity contribution is 7.89. The Kier molecular flexibility index (Phi) is 4.03. The van der Waals surface area contributed by atoms with E-state index >= 15 is 0 Å². The highest BCUT2D eigenvalue weighted by Gasteiger charge is 2.15. The van der Waals surface area contributed by atoms with Crippen LogP contribution in [0, 0.1) is 6.92 Å². The van der Waals surface area contributed by atoms with Crippen molar-refractivity contribution < 1.29 is 13.5 Å². The second-order valence-electron chi connectivity index (χ2n) is 3.74. The molecule has 1 aromatic carbocycles. The summed E-state index contributed by atoms with van der Waals surface area (Å²) in [5, 5.41) is 10.4. The average molecular weight is 244 g/mol. The van der Waals surface area contributed by atoms with Gasteiger partial charge in [0.05, 0.1) is 11.5 Å². The SMILES string of the molecule is Cc1ccc(S(=O)(=O)NN(C)C)cc1CO. The lowest BCUT2D eigenvalue weighted by Gasteiger charge is -2.13. The average Bonchev–Trinajstić information content (AvgIpc) is 2.16. The van der Waals surface area contributed by atoms with Gasteiger partial charge in [-0.2, -0.15) is 0 Å². The Balaban J connectivity index is 3.14. The van der Waals surface area contributed by atoms with Gasteiger partial charge in [-0.25, -0.2) is 13.4 Å². The lowest BCUT2D eigenvalue weighted by molar-refractivity contribution is 0.280. The van der Waals surface area contributed by atoms with Crippen LogP contribution in [0.2, 0.25) is 0 Å². The van der Waals surface area contributed by atoms with E-state index in [9.17, 15) is 8.42 Å². The van der Waals surface area contributed by atoms with Gasteiger partial charge in [0.15, 0.2) is 0 Å². The number of sulfonamides is 1. The molecule has 0 aliphatic heterocycles. The zero-order valence-corrected chi connectivity index (χ0v) is 10.4. The Morgan fingerprint density at radius 3 is 2.50 bits per heavy atom. The summed E-state index contributed by atoms with van der Waals surface area (Å²) in [4.78, 5) is 2.48. The predicted molar refractivity (Wildman–Crippen MR) is 61.1 cm³/mol. The quantitative estimate of drug-likeness (QED) is 0.745. The molecule has 1 aromatic rings. The summed E-state index contributed by atoms with van der Waals surface area (Å²) < 4.78 is 23.6. The van der Waals surface area contributed by atoms with Crippen LogP contribution in [0.1, 0.15) is 11.1 Å². The van der Waals surface area contributed by atoms with Gasteiger partial charge in [0.2, 0.25) is 0 Å². The normalized spacial score (nSPS) is 12.1. The molecule has 2 N–H and O–H groups in total. The first-order valence-electron chi connectivity index (χ1n) is 4.77. The lowest BCUT2D eigenvalue weighted by atomic mass is 10.1. The Morgan fingerprint density at radius 1 is 1.38 bits per heavy atom. The van der Waals surface area contributed by atoms with Crippen molar-refractivity contribution in [1.29, 1.82) is 0 Å². The standard InChI is InChI=1S/C10H16N2O3S/c1-8-4-5-10(6-9(8)7-13)16(14,15)11-12(2)3/h4-6,11,13H,7H2,1-3H3. The first-order chi connectivity index (χ1) is 7.36. The predicted octanol–water partition coefficient (Wildman–Crippen LogP) is 0.242. The third kappa shape index (κ3) is 3.02. The Labute approximate surface area is 95.7 Å². The first kappa shape index (κ1) is 13.1. The maximum Gasteiger partial charge on any atom is 0.253 e. The molecule has 0 saturated heterocycles. The van der Waals surface area contributed by atoms with Crippen LogP contribution >= 0.6 is 0 Å². The number of hydrazine groups is 1. The van der Waals surface area contributed by atoms with E-state index < -0.39 is 10.0 Å². The third-order valence-corrected chi connectivity index (χ3v) is 3.58. The second-order valence-corrected chi connectivity index (χ2v) is 5.40.